The van der Waals surface area contributed by atoms with Crippen LogP contribution in [0, 0.1) is 12.8 Å². The maximum Gasteiger partial charge on any atom is 0.238 e. The molecule has 2 heterocycles. The zero-order valence-electron chi connectivity index (χ0n) is 16.6. The van der Waals surface area contributed by atoms with E-state index in [1.54, 1.807) is 10.9 Å². The zero-order valence-corrected chi connectivity index (χ0v) is 16.6. The normalized spacial score (nSPS) is 15.4. The van der Waals surface area contributed by atoms with E-state index in [9.17, 15) is 9.59 Å². The van der Waals surface area contributed by atoms with Gasteiger partial charge in [-0.2, -0.15) is 5.10 Å². The Morgan fingerprint density at radius 1 is 1.11 bits per heavy atom. The Morgan fingerprint density at radius 3 is 2.46 bits per heavy atom. The molecular weight excluding hydrogens is 354 g/mol. The van der Waals surface area contributed by atoms with Crippen LogP contribution < -0.4 is 10.6 Å². The Morgan fingerprint density at radius 2 is 1.82 bits per heavy atom. The van der Waals surface area contributed by atoms with Gasteiger partial charge in [-0.3, -0.25) is 19.2 Å². The molecule has 0 radical (unpaired) electrons. The molecule has 2 amide bonds. The number of para-hydroxylation sites is 1. The van der Waals surface area contributed by atoms with E-state index in [4.69, 9.17) is 0 Å². The van der Waals surface area contributed by atoms with Crippen LogP contribution in [0.4, 0.5) is 11.4 Å². The fourth-order valence-electron chi connectivity index (χ4n) is 3.53. The van der Waals surface area contributed by atoms with Crippen molar-refractivity contribution in [3.05, 3.63) is 42.2 Å². The standard InChI is InChI=1S/C21H29N5O2/c1-16-19(14-22-25(16)2)24-21(28)15-26-12-10-17(11-13-26)8-9-20(27)23-18-6-4-3-5-7-18/h3-7,14,17H,8-13,15H2,1-2H3,(H,23,27)(H,24,28). The molecule has 0 saturated carbocycles. The van der Waals surface area contributed by atoms with Gasteiger partial charge < -0.3 is 10.6 Å². The molecule has 0 unspecified atom stereocenters. The molecule has 0 atom stereocenters. The molecular formula is C21H29N5O2. The van der Waals surface area contributed by atoms with Crippen LogP contribution in [0.5, 0.6) is 0 Å². The average molecular weight is 383 g/mol. The van der Waals surface area contributed by atoms with Crippen LogP contribution in [0.25, 0.3) is 0 Å². The quantitative estimate of drug-likeness (QED) is 0.771. The molecule has 1 aliphatic rings. The summed E-state index contributed by atoms with van der Waals surface area (Å²) in [5.41, 5.74) is 2.56. The van der Waals surface area contributed by atoms with Crippen molar-refractivity contribution in [3.8, 4) is 0 Å². The van der Waals surface area contributed by atoms with Gasteiger partial charge in [0, 0.05) is 19.2 Å². The highest BCUT2D eigenvalue weighted by molar-refractivity contribution is 5.92. The van der Waals surface area contributed by atoms with Crippen LogP contribution in [0.1, 0.15) is 31.4 Å². The lowest BCUT2D eigenvalue weighted by atomic mass is 9.92. The number of rotatable bonds is 7. The van der Waals surface area contributed by atoms with Gasteiger partial charge in [-0.15, -0.1) is 0 Å². The molecule has 1 saturated heterocycles. The lowest BCUT2D eigenvalue weighted by Crippen LogP contribution is -2.39. The maximum absolute atomic E-state index is 12.3. The Bertz CT molecular complexity index is 794. The number of carbonyl (C=O) groups excluding carboxylic acids is 2. The van der Waals surface area contributed by atoms with Gasteiger partial charge in [0.25, 0.3) is 0 Å². The monoisotopic (exact) mass is 383 g/mol. The lowest BCUT2D eigenvalue weighted by Gasteiger charge is -2.31. The van der Waals surface area contributed by atoms with Gasteiger partial charge in [0.15, 0.2) is 0 Å². The number of hydrogen-bond donors (Lipinski definition) is 2. The summed E-state index contributed by atoms with van der Waals surface area (Å²) in [6.45, 7) is 4.12. The van der Waals surface area contributed by atoms with Crippen molar-refractivity contribution in [2.24, 2.45) is 13.0 Å². The Balaban J connectivity index is 1.34. The highest BCUT2D eigenvalue weighted by Crippen LogP contribution is 2.22. The van der Waals surface area contributed by atoms with E-state index in [1.807, 2.05) is 44.3 Å². The molecule has 7 nitrogen and oxygen atoms in total. The first-order chi connectivity index (χ1) is 13.5. The number of likely N-dealkylation sites (tertiary alicyclic amines) is 1. The minimum atomic E-state index is -0.00297. The molecule has 7 heteroatoms. The number of anilines is 2. The van der Waals surface area contributed by atoms with Crippen molar-refractivity contribution >= 4 is 23.2 Å². The predicted molar refractivity (Wildman–Crippen MR) is 110 cm³/mol. The van der Waals surface area contributed by atoms with Crippen LogP contribution in [0.3, 0.4) is 0 Å². The number of benzene rings is 1. The van der Waals surface area contributed by atoms with Crippen molar-refractivity contribution in [2.45, 2.75) is 32.6 Å². The smallest absolute Gasteiger partial charge is 0.238 e. The molecule has 1 fully saturated rings. The molecule has 0 aliphatic carbocycles. The summed E-state index contributed by atoms with van der Waals surface area (Å²) in [5.74, 6) is 0.609. The molecule has 1 aromatic heterocycles. The molecule has 2 N–H and O–H groups in total. The van der Waals surface area contributed by atoms with E-state index in [0.29, 0.717) is 18.9 Å². The third-order valence-electron chi connectivity index (χ3n) is 5.42. The van der Waals surface area contributed by atoms with Gasteiger partial charge in [0.05, 0.1) is 24.1 Å². The number of nitrogens with zero attached hydrogens (tertiary/aromatic N) is 3. The first-order valence-electron chi connectivity index (χ1n) is 9.87. The number of piperidine rings is 1. The lowest BCUT2D eigenvalue weighted by molar-refractivity contribution is -0.117. The fraction of sp³-hybridized carbons (Fsp3) is 0.476. The van der Waals surface area contributed by atoms with E-state index in [-0.39, 0.29) is 11.8 Å². The zero-order chi connectivity index (χ0) is 19.9. The second-order valence-corrected chi connectivity index (χ2v) is 7.49. The third kappa shape index (κ3) is 5.66. The molecule has 3 rings (SSSR count). The Kier molecular flexibility index (Phi) is 6.81. The maximum atomic E-state index is 12.3. The van der Waals surface area contributed by atoms with Crippen molar-refractivity contribution in [1.82, 2.24) is 14.7 Å². The molecule has 28 heavy (non-hydrogen) atoms. The number of amides is 2. The minimum absolute atomic E-state index is 0.00297. The SMILES string of the molecule is Cc1c(NC(=O)CN2CCC(CCC(=O)Nc3ccccc3)CC2)cnn1C. The second-order valence-electron chi connectivity index (χ2n) is 7.49. The van der Waals surface area contributed by atoms with Crippen LogP contribution in [-0.2, 0) is 16.6 Å². The van der Waals surface area contributed by atoms with Gasteiger partial charge >= 0.3 is 0 Å². The topological polar surface area (TPSA) is 79.3 Å². The molecule has 0 bridgehead atoms. The van der Waals surface area contributed by atoms with Gasteiger partial charge in [0.1, 0.15) is 0 Å². The highest BCUT2D eigenvalue weighted by Gasteiger charge is 2.22. The summed E-state index contributed by atoms with van der Waals surface area (Å²) in [6.07, 6.45) is 5.17. The minimum Gasteiger partial charge on any atom is -0.326 e. The van der Waals surface area contributed by atoms with E-state index >= 15 is 0 Å². The Hall–Kier alpha value is -2.67. The number of aromatic nitrogens is 2. The van der Waals surface area contributed by atoms with Gasteiger partial charge in [-0.25, -0.2) is 0 Å². The summed E-state index contributed by atoms with van der Waals surface area (Å²) < 4.78 is 1.75. The van der Waals surface area contributed by atoms with Gasteiger partial charge in [-0.05, 0) is 57.3 Å². The first-order valence-corrected chi connectivity index (χ1v) is 9.87. The van der Waals surface area contributed by atoms with Crippen molar-refractivity contribution in [3.63, 3.8) is 0 Å². The number of carbonyl (C=O) groups is 2. The van der Waals surface area contributed by atoms with Gasteiger partial charge in [-0.1, -0.05) is 18.2 Å². The van der Waals surface area contributed by atoms with E-state index < -0.39 is 0 Å². The van der Waals surface area contributed by atoms with Crippen molar-refractivity contribution < 1.29 is 9.59 Å². The summed E-state index contributed by atoms with van der Waals surface area (Å²) >= 11 is 0. The summed E-state index contributed by atoms with van der Waals surface area (Å²) in [5, 5.41) is 10.0. The van der Waals surface area contributed by atoms with Crippen LogP contribution >= 0.6 is 0 Å². The largest absolute Gasteiger partial charge is 0.326 e. The van der Waals surface area contributed by atoms with Crippen molar-refractivity contribution in [2.75, 3.05) is 30.3 Å². The van der Waals surface area contributed by atoms with E-state index in [1.165, 1.54) is 0 Å². The van der Waals surface area contributed by atoms with Crippen LogP contribution in [-0.4, -0.2) is 46.1 Å². The fourth-order valence-corrected chi connectivity index (χ4v) is 3.53. The van der Waals surface area contributed by atoms with Crippen LogP contribution in [0.2, 0.25) is 0 Å². The highest BCUT2D eigenvalue weighted by atomic mass is 16.2. The molecule has 0 spiro atoms. The molecule has 1 aliphatic heterocycles. The predicted octanol–water partition coefficient (Wildman–Crippen LogP) is 2.80. The van der Waals surface area contributed by atoms with Gasteiger partial charge in [0.2, 0.25) is 11.8 Å². The second kappa shape index (κ2) is 9.50. The average Bonchev–Trinajstić information content (AvgIpc) is 3.00. The molecule has 150 valence electrons. The van der Waals surface area contributed by atoms with E-state index in [2.05, 4.69) is 20.6 Å². The third-order valence-corrected chi connectivity index (χ3v) is 5.42. The summed E-state index contributed by atoms with van der Waals surface area (Å²) in [6, 6.07) is 9.55. The van der Waals surface area contributed by atoms with E-state index in [0.717, 1.165) is 49.4 Å². The van der Waals surface area contributed by atoms with Crippen LogP contribution in [0.15, 0.2) is 36.5 Å². The first kappa shape index (κ1) is 20.1. The summed E-state index contributed by atoms with van der Waals surface area (Å²) in [4.78, 5) is 26.5. The summed E-state index contributed by atoms with van der Waals surface area (Å²) in [7, 11) is 1.86. The number of aryl methyl sites for hydroxylation is 1. The van der Waals surface area contributed by atoms with Crippen molar-refractivity contribution in [1.29, 1.82) is 0 Å². The molecule has 2 aromatic rings. The molecule has 1 aromatic carbocycles. The number of nitrogens with one attached hydrogen (secondary N) is 2. The Labute approximate surface area is 166 Å². The number of hydrogen-bond acceptors (Lipinski definition) is 4.